The maximum atomic E-state index is 13.2. The van der Waals surface area contributed by atoms with Crippen LogP contribution in [0.5, 0.6) is 5.75 Å². The molecule has 1 aliphatic rings. The minimum Gasteiger partial charge on any atom is -0.496 e. The first-order valence-electron chi connectivity index (χ1n) is 11.7. The van der Waals surface area contributed by atoms with Crippen LogP contribution >= 0.6 is 0 Å². The first kappa shape index (κ1) is 22.9. The van der Waals surface area contributed by atoms with Gasteiger partial charge in [-0.2, -0.15) is 9.97 Å². The fraction of sp³-hybridized carbons (Fsp3) is 0.320. The Morgan fingerprint density at radius 1 is 1.03 bits per heavy atom. The number of hydrogen-bond donors (Lipinski definition) is 2. The van der Waals surface area contributed by atoms with Gasteiger partial charge in [0.1, 0.15) is 11.6 Å². The zero-order valence-corrected chi connectivity index (χ0v) is 19.8. The summed E-state index contributed by atoms with van der Waals surface area (Å²) in [6.07, 6.45) is 0.830. The minimum atomic E-state index is -0.267. The molecule has 0 bridgehead atoms. The second kappa shape index (κ2) is 10.1. The third kappa shape index (κ3) is 4.97. The van der Waals surface area contributed by atoms with Crippen LogP contribution in [0.2, 0.25) is 0 Å². The number of anilines is 2. The summed E-state index contributed by atoms with van der Waals surface area (Å²) in [5.74, 6) is 2.24. The number of piperazine rings is 1. The second-order valence-electron chi connectivity index (χ2n) is 8.28. The Morgan fingerprint density at radius 2 is 1.83 bits per heavy atom. The van der Waals surface area contributed by atoms with Gasteiger partial charge >= 0.3 is 0 Å². The van der Waals surface area contributed by atoms with Gasteiger partial charge in [0.25, 0.3) is 0 Å². The normalized spacial score (nSPS) is 13.7. The number of aromatic nitrogens is 5. The van der Waals surface area contributed by atoms with E-state index in [2.05, 4.69) is 37.6 Å². The summed E-state index contributed by atoms with van der Waals surface area (Å²) < 4.78 is 18.7. The molecule has 35 heavy (non-hydrogen) atoms. The average molecular weight is 475 g/mol. The molecule has 0 radical (unpaired) electrons. The Kier molecular flexibility index (Phi) is 6.62. The molecule has 1 saturated heterocycles. The lowest BCUT2D eigenvalue weighted by Gasteiger charge is -2.29. The van der Waals surface area contributed by atoms with Crippen molar-refractivity contribution in [3.63, 3.8) is 0 Å². The van der Waals surface area contributed by atoms with Crippen molar-refractivity contribution in [1.82, 2.24) is 30.5 Å². The third-order valence-electron chi connectivity index (χ3n) is 6.00. The van der Waals surface area contributed by atoms with E-state index in [4.69, 9.17) is 14.7 Å². The lowest BCUT2D eigenvalue weighted by Crippen LogP contribution is -2.44. The van der Waals surface area contributed by atoms with Crippen molar-refractivity contribution in [3.8, 4) is 17.1 Å². The van der Waals surface area contributed by atoms with E-state index in [1.54, 1.807) is 19.2 Å². The number of benzene rings is 2. The molecule has 1 aliphatic heterocycles. The molecule has 180 valence electrons. The number of nitrogens with zero attached hydrogens (tertiary/aromatic N) is 6. The van der Waals surface area contributed by atoms with Crippen LogP contribution in [0.3, 0.4) is 0 Å². The van der Waals surface area contributed by atoms with Crippen LogP contribution in [0.15, 0.2) is 42.5 Å². The number of rotatable bonds is 7. The van der Waals surface area contributed by atoms with Crippen molar-refractivity contribution >= 4 is 22.9 Å². The summed E-state index contributed by atoms with van der Waals surface area (Å²) in [5.41, 5.74) is 3.89. The molecule has 0 spiro atoms. The SMILES string of the molecule is CCc1cc(-c2nnc3nc(NCc4ccc(F)cc4)nc(N4CCNCC4)c3n2)ccc1OC. The third-order valence-corrected chi connectivity index (χ3v) is 6.00. The van der Waals surface area contributed by atoms with Crippen LogP contribution in [-0.2, 0) is 13.0 Å². The predicted octanol–water partition coefficient (Wildman–Crippen LogP) is 3.21. The fourth-order valence-corrected chi connectivity index (χ4v) is 4.10. The smallest absolute Gasteiger partial charge is 0.227 e. The van der Waals surface area contributed by atoms with Crippen molar-refractivity contribution in [2.45, 2.75) is 19.9 Å². The number of hydrogen-bond acceptors (Lipinski definition) is 9. The molecule has 3 heterocycles. The zero-order chi connectivity index (χ0) is 24.2. The molecule has 0 aliphatic carbocycles. The van der Waals surface area contributed by atoms with Gasteiger partial charge in [-0.15, -0.1) is 10.2 Å². The highest BCUT2D eigenvalue weighted by Gasteiger charge is 2.20. The number of methoxy groups -OCH3 is 1. The fourth-order valence-electron chi connectivity index (χ4n) is 4.10. The Bertz CT molecular complexity index is 1330. The van der Waals surface area contributed by atoms with E-state index in [0.29, 0.717) is 29.5 Å². The Morgan fingerprint density at radius 3 is 2.57 bits per heavy atom. The molecule has 0 saturated carbocycles. The van der Waals surface area contributed by atoms with Gasteiger partial charge in [0.15, 0.2) is 17.2 Å². The molecule has 2 N–H and O–H groups in total. The first-order chi connectivity index (χ1) is 17.1. The highest BCUT2D eigenvalue weighted by molar-refractivity contribution is 5.85. The van der Waals surface area contributed by atoms with Crippen molar-refractivity contribution in [2.24, 2.45) is 0 Å². The summed E-state index contributed by atoms with van der Waals surface area (Å²) in [4.78, 5) is 16.4. The molecule has 10 heteroatoms. The van der Waals surface area contributed by atoms with Gasteiger partial charge in [-0.1, -0.05) is 19.1 Å². The van der Waals surface area contributed by atoms with Gasteiger partial charge in [0.05, 0.1) is 7.11 Å². The molecule has 1 fully saturated rings. The summed E-state index contributed by atoms with van der Waals surface area (Å²) in [6.45, 7) is 5.84. The van der Waals surface area contributed by atoms with E-state index < -0.39 is 0 Å². The number of halogens is 1. The maximum Gasteiger partial charge on any atom is 0.227 e. The number of fused-ring (bicyclic) bond motifs is 1. The second-order valence-corrected chi connectivity index (χ2v) is 8.28. The molecule has 0 amide bonds. The molecular formula is C25H27FN8O. The molecule has 0 atom stereocenters. The Labute approximate surface area is 202 Å². The van der Waals surface area contributed by atoms with Gasteiger partial charge < -0.3 is 20.3 Å². The largest absolute Gasteiger partial charge is 0.496 e. The molecule has 2 aromatic carbocycles. The summed E-state index contributed by atoms with van der Waals surface area (Å²) in [6, 6.07) is 12.2. The lowest BCUT2D eigenvalue weighted by atomic mass is 10.1. The highest BCUT2D eigenvalue weighted by atomic mass is 19.1. The van der Waals surface area contributed by atoms with Crippen molar-refractivity contribution < 1.29 is 9.13 Å². The van der Waals surface area contributed by atoms with E-state index in [0.717, 1.165) is 60.9 Å². The van der Waals surface area contributed by atoms with E-state index in [1.807, 2.05) is 18.2 Å². The minimum absolute atomic E-state index is 0.267. The molecule has 5 rings (SSSR count). The average Bonchev–Trinajstić information content (AvgIpc) is 2.92. The van der Waals surface area contributed by atoms with Gasteiger partial charge in [0, 0.05) is 38.3 Å². The first-order valence-corrected chi connectivity index (χ1v) is 11.7. The Balaban J connectivity index is 1.53. The van der Waals surface area contributed by atoms with Crippen LogP contribution < -0.4 is 20.3 Å². The van der Waals surface area contributed by atoms with Crippen molar-refractivity contribution in [3.05, 3.63) is 59.4 Å². The van der Waals surface area contributed by atoms with Gasteiger partial charge in [-0.25, -0.2) is 9.37 Å². The van der Waals surface area contributed by atoms with Crippen LogP contribution in [0.4, 0.5) is 16.2 Å². The van der Waals surface area contributed by atoms with E-state index in [-0.39, 0.29) is 5.82 Å². The zero-order valence-electron chi connectivity index (χ0n) is 19.8. The van der Waals surface area contributed by atoms with Crippen molar-refractivity contribution in [2.75, 3.05) is 43.5 Å². The van der Waals surface area contributed by atoms with Crippen molar-refractivity contribution in [1.29, 1.82) is 0 Å². The monoisotopic (exact) mass is 474 g/mol. The van der Waals surface area contributed by atoms with Gasteiger partial charge in [-0.05, 0) is 47.9 Å². The maximum absolute atomic E-state index is 13.2. The van der Waals surface area contributed by atoms with Crippen LogP contribution in [-0.4, -0.2) is 58.4 Å². The summed E-state index contributed by atoms with van der Waals surface area (Å²) in [7, 11) is 1.67. The van der Waals surface area contributed by atoms with Gasteiger partial charge in [0.2, 0.25) is 11.6 Å². The molecule has 2 aromatic heterocycles. The van der Waals surface area contributed by atoms with Crippen LogP contribution in [0.25, 0.3) is 22.6 Å². The summed E-state index contributed by atoms with van der Waals surface area (Å²) >= 11 is 0. The van der Waals surface area contributed by atoms with Crippen LogP contribution in [0, 0.1) is 5.82 Å². The van der Waals surface area contributed by atoms with E-state index in [1.165, 1.54) is 12.1 Å². The lowest BCUT2D eigenvalue weighted by molar-refractivity contribution is 0.410. The standard InChI is InChI=1S/C25H27FN8O/c1-3-17-14-18(6-9-20(17)35-2)22-29-21-23(33-32-22)30-25(28-15-16-4-7-19(26)8-5-16)31-24(21)34-12-10-27-11-13-34/h4-9,14,27H,3,10-13,15H2,1-2H3,(H,28,30,31,33). The molecule has 0 unspecified atom stereocenters. The highest BCUT2D eigenvalue weighted by Crippen LogP contribution is 2.28. The number of ether oxygens (including phenoxy) is 1. The molecule has 9 nitrogen and oxygen atoms in total. The Hall–Kier alpha value is -3.92. The summed E-state index contributed by atoms with van der Waals surface area (Å²) in [5, 5.41) is 15.4. The quantitative estimate of drug-likeness (QED) is 0.418. The van der Waals surface area contributed by atoms with Crippen LogP contribution in [0.1, 0.15) is 18.1 Å². The van der Waals surface area contributed by atoms with Gasteiger partial charge in [-0.3, -0.25) is 0 Å². The topological polar surface area (TPSA) is 101 Å². The number of aryl methyl sites for hydroxylation is 1. The predicted molar refractivity (Wildman–Crippen MR) is 133 cm³/mol. The van der Waals surface area contributed by atoms with E-state index >= 15 is 0 Å². The molecular weight excluding hydrogens is 447 g/mol. The molecule has 4 aromatic rings. The van der Waals surface area contributed by atoms with E-state index in [9.17, 15) is 4.39 Å². The number of nitrogens with one attached hydrogen (secondary N) is 2.